The molecule has 1 aliphatic carbocycles. The van der Waals surface area contributed by atoms with Crippen molar-refractivity contribution in [1.29, 1.82) is 0 Å². The largest absolute Gasteiger partial charge is 0.481 e. The second-order valence-corrected chi connectivity index (χ2v) is 6.55. The van der Waals surface area contributed by atoms with Crippen LogP contribution < -0.4 is 15.4 Å². The van der Waals surface area contributed by atoms with Crippen LogP contribution in [0.5, 0.6) is 5.88 Å². The maximum Gasteiger partial charge on any atom is 0.213 e. The van der Waals surface area contributed by atoms with Crippen LogP contribution in [-0.2, 0) is 12.0 Å². The number of guanidine groups is 1. The Bertz CT molecular complexity index is 774. The van der Waals surface area contributed by atoms with E-state index in [4.69, 9.17) is 4.74 Å². The second kappa shape index (κ2) is 8.17. The minimum atomic E-state index is -0.180. The van der Waals surface area contributed by atoms with Gasteiger partial charge in [0, 0.05) is 30.8 Å². The van der Waals surface area contributed by atoms with E-state index in [9.17, 15) is 4.39 Å². The first-order chi connectivity index (χ1) is 12.6. The van der Waals surface area contributed by atoms with Crippen molar-refractivity contribution in [3.05, 3.63) is 59.5 Å². The molecule has 0 spiro atoms. The molecule has 3 rings (SSSR count). The molecule has 1 aliphatic rings. The first kappa shape index (κ1) is 18.2. The van der Waals surface area contributed by atoms with Crippen molar-refractivity contribution >= 4 is 5.96 Å². The third kappa shape index (κ3) is 4.50. The van der Waals surface area contributed by atoms with Gasteiger partial charge in [0.05, 0.1) is 13.7 Å². The van der Waals surface area contributed by atoms with Gasteiger partial charge in [-0.3, -0.25) is 0 Å². The zero-order valence-electron chi connectivity index (χ0n) is 15.3. The normalized spacial score (nSPS) is 15.4. The summed E-state index contributed by atoms with van der Waals surface area (Å²) < 4.78 is 18.7. The summed E-state index contributed by atoms with van der Waals surface area (Å²) in [6, 6.07) is 10.7. The van der Waals surface area contributed by atoms with E-state index in [2.05, 4.69) is 20.6 Å². The van der Waals surface area contributed by atoms with Gasteiger partial charge < -0.3 is 15.4 Å². The van der Waals surface area contributed by atoms with Gasteiger partial charge in [-0.05, 0) is 49.1 Å². The number of hydrogen-bond donors (Lipinski definition) is 2. The Balaban J connectivity index is 1.65. The van der Waals surface area contributed by atoms with Crippen molar-refractivity contribution in [2.45, 2.75) is 31.7 Å². The number of aromatic nitrogens is 1. The van der Waals surface area contributed by atoms with Crippen molar-refractivity contribution in [2.24, 2.45) is 4.99 Å². The topological polar surface area (TPSA) is 58.5 Å². The first-order valence-corrected chi connectivity index (χ1v) is 8.92. The molecule has 0 aliphatic heterocycles. The zero-order chi connectivity index (χ0) is 18.4. The molecular weight excluding hydrogens is 331 g/mol. The molecule has 5 nitrogen and oxygen atoms in total. The molecule has 1 aromatic heterocycles. The fraction of sp³-hybridized carbons (Fsp3) is 0.400. The van der Waals surface area contributed by atoms with E-state index >= 15 is 0 Å². The number of nitrogens with zero attached hydrogens (tertiary/aromatic N) is 2. The summed E-state index contributed by atoms with van der Waals surface area (Å²) in [7, 11) is 1.60. The van der Waals surface area contributed by atoms with Crippen LogP contribution in [0.2, 0.25) is 0 Å². The quantitative estimate of drug-likeness (QED) is 0.591. The summed E-state index contributed by atoms with van der Waals surface area (Å²) in [5.41, 5.74) is 2.10. The van der Waals surface area contributed by atoms with Crippen LogP contribution in [0, 0.1) is 5.82 Å². The van der Waals surface area contributed by atoms with E-state index in [1.54, 1.807) is 25.4 Å². The van der Waals surface area contributed by atoms with Gasteiger partial charge in [-0.2, -0.15) is 0 Å². The van der Waals surface area contributed by atoms with Gasteiger partial charge in [0.15, 0.2) is 5.96 Å². The van der Waals surface area contributed by atoms with Crippen LogP contribution in [0.25, 0.3) is 0 Å². The summed E-state index contributed by atoms with van der Waals surface area (Å²) in [5.74, 6) is 1.16. The lowest BCUT2D eigenvalue weighted by Gasteiger charge is -2.19. The first-order valence-electron chi connectivity index (χ1n) is 8.92. The molecule has 0 amide bonds. The number of nitrogens with one attached hydrogen (secondary N) is 2. The molecule has 0 atom stereocenters. The number of hydrogen-bond acceptors (Lipinski definition) is 3. The highest BCUT2D eigenvalue weighted by Gasteiger charge is 2.44. The Labute approximate surface area is 153 Å². The molecule has 0 radical (unpaired) electrons. The van der Waals surface area contributed by atoms with E-state index in [0.717, 1.165) is 43.0 Å². The molecule has 1 heterocycles. The van der Waals surface area contributed by atoms with Crippen molar-refractivity contribution in [3.8, 4) is 5.88 Å². The highest BCUT2D eigenvalue weighted by molar-refractivity contribution is 5.80. The van der Waals surface area contributed by atoms with E-state index in [-0.39, 0.29) is 11.2 Å². The molecule has 0 unspecified atom stereocenters. The minimum Gasteiger partial charge on any atom is -0.481 e. The summed E-state index contributed by atoms with van der Waals surface area (Å²) in [5, 5.41) is 6.67. The minimum absolute atomic E-state index is 0.0121. The smallest absolute Gasteiger partial charge is 0.213 e. The van der Waals surface area contributed by atoms with Crippen molar-refractivity contribution < 1.29 is 9.13 Å². The molecule has 1 fully saturated rings. The second-order valence-electron chi connectivity index (χ2n) is 6.55. The molecular formula is C20H25FN4O. The van der Waals surface area contributed by atoms with Gasteiger partial charge in [0.2, 0.25) is 5.88 Å². The van der Waals surface area contributed by atoms with E-state index < -0.39 is 0 Å². The molecule has 26 heavy (non-hydrogen) atoms. The highest BCUT2D eigenvalue weighted by atomic mass is 19.1. The Kier molecular flexibility index (Phi) is 5.71. The maximum absolute atomic E-state index is 13.5. The number of aliphatic imine (C=N–C) groups is 1. The molecule has 1 aromatic carbocycles. The van der Waals surface area contributed by atoms with Crippen LogP contribution >= 0.6 is 0 Å². The molecule has 2 aromatic rings. The van der Waals surface area contributed by atoms with Crippen LogP contribution in [0.1, 0.15) is 30.9 Å². The van der Waals surface area contributed by atoms with Gasteiger partial charge in [-0.25, -0.2) is 14.4 Å². The predicted molar refractivity (Wildman–Crippen MR) is 101 cm³/mol. The Morgan fingerprint density at radius 2 is 2.12 bits per heavy atom. The third-order valence-electron chi connectivity index (χ3n) is 4.66. The monoisotopic (exact) mass is 356 g/mol. The van der Waals surface area contributed by atoms with Gasteiger partial charge in [-0.1, -0.05) is 12.1 Å². The average molecular weight is 356 g/mol. The number of halogens is 1. The SMILES string of the molecule is CCNC(=NCc1ccnc(OC)c1)NCC1(c2cccc(F)c2)CC1. The van der Waals surface area contributed by atoms with Gasteiger partial charge in [0.1, 0.15) is 5.82 Å². The summed E-state index contributed by atoms with van der Waals surface area (Å²) >= 11 is 0. The lowest BCUT2D eigenvalue weighted by molar-refractivity contribution is 0.397. The molecule has 6 heteroatoms. The van der Waals surface area contributed by atoms with Crippen molar-refractivity contribution in [2.75, 3.05) is 20.2 Å². The molecule has 0 bridgehead atoms. The Hall–Kier alpha value is -2.63. The van der Waals surface area contributed by atoms with Gasteiger partial charge >= 0.3 is 0 Å². The Morgan fingerprint density at radius 1 is 1.27 bits per heavy atom. The lowest BCUT2D eigenvalue weighted by atomic mass is 9.96. The summed E-state index contributed by atoms with van der Waals surface area (Å²) in [4.78, 5) is 8.74. The van der Waals surface area contributed by atoms with Crippen LogP contribution in [0.4, 0.5) is 4.39 Å². The number of benzene rings is 1. The standard InChI is InChI=1S/C20H25FN4O/c1-3-22-19(24-13-15-7-10-23-18(11-15)26-2)25-14-20(8-9-20)16-5-4-6-17(21)12-16/h4-7,10-12H,3,8-9,13-14H2,1-2H3,(H2,22,24,25). The number of pyridine rings is 1. The predicted octanol–water partition coefficient (Wildman–Crippen LogP) is 3.02. The summed E-state index contributed by atoms with van der Waals surface area (Å²) in [6.07, 6.45) is 3.84. The van der Waals surface area contributed by atoms with E-state index in [1.807, 2.05) is 25.1 Å². The summed E-state index contributed by atoms with van der Waals surface area (Å²) in [6.45, 7) is 4.08. The highest BCUT2D eigenvalue weighted by Crippen LogP contribution is 2.47. The van der Waals surface area contributed by atoms with Gasteiger partial charge in [0.25, 0.3) is 0 Å². The average Bonchev–Trinajstić information content (AvgIpc) is 3.45. The zero-order valence-corrected chi connectivity index (χ0v) is 15.3. The maximum atomic E-state index is 13.5. The van der Waals surface area contributed by atoms with E-state index in [1.165, 1.54) is 6.07 Å². The molecule has 138 valence electrons. The number of ether oxygens (including phenoxy) is 1. The molecule has 0 saturated heterocycles. The number of rotatable bonds is 7. The fourth-order valence-electron chi connectivity index (χ4n) is 2.96. The van der Waals surface area contributed by atoms with Crippen LogP contribution in [0.15, 0.2) is 47.6 Å². The fourth-order valence-corrected chi connectivity index (χ4v) is 2.96. The van der Waals surface area contributed by atoms with Crippen molar-refractivity contribution in [1.82, 2.24) is 15.6 Å². The van der Waals surface area contributed by atoms with Crippen LogP contribution in [0.3, 0.4) is 0 Å². The lowest BCUT2D eigenvalue weighted by Crippen LogP contribution is -2.41. The van der Waals surface area contributed by atoms with Crippen molar-refractivity contribution in [3.63, 3.8) is 0 Å². The number of methoxy groups -OCH3 is 1. The van der Waals surface area contributed by atoms with Gasteiger partial charge in [-0.15, -0.1) is 0 Å². The van der Waals surface area contributed by atoms with E-state index in [0.29, 0.717) is 12.4 Å². The molecule has 1 saturated carbocycles. The third-order valence-corrected chi connectivity index (χ3v) is 4.66. The van der Waals surface area contributed by atoms with Crippen LogP contribution in [-0.4, -0.2) is 31.1 Å². The Morgan fingerprint density at radius 3 is 2.81 bits per heavy atom. The molecule has 2 N–H and O–H groups in total.